The van der Waals surface area contributed by atoms with E-state index in [0.717, 1.165) is 19.3 Å². The number of carboxylic acid groups (broad SMARTS) is 1. The highest BCUT2D eigenvalue weighted by Crippen LogP contribution is 2.29. The third-order valence-corrected chi connectivity index (χ3v) is 5.95. The summed E-state index contributed by atoms with van der Waals surface area (Å²) in [6, 6.07) is 1.31. The predicted molar refractivity (Wildman–Crippen MR) is 83.8 cm³/mol. The molecule has 23 heavy (non-hydrogen) atoms. The maximum atomic E-state index is 12.9. The Kier molecular flexibility index (Phi) is 5.95. The van der Waals surface area contributed by atoms with Crippen LogP contribution in [0, 0.1) is 0 Å². The molecule has 1 fully saturated rings. The number of nitrogens with zero attached hydrogens (tertiary/aromatic N) is 2. The Labute approximate surface area is 136 Å². The molecule has 0 radical (unpaired) electrons. The fourth-order valence-electron chi connectivity index (χ4n) is 2.85. The number of aromatic nitrogens is 1. The van der Waals surface area contributed by atoms with Gasteiger partial charge in [0.25, 0.3) is 0 Å². The zero-order chi connectivity index (χ0) is 16.9. The summed E-state index contributed by atoms with van der Waals surface area (Å²) >= 11 is 0. The lowest BCUT2D eigenvalue weighted by Gasteiger charge is -2.34. The van der Waals surface area contributed by atoms with Crippen LogP contribution in [0.4, 0.5) is 0 Å². The molecular weight excluding hydrogens is 320 g/mol. The molecular formula is C15H22N2O5S. The first kappa shape index (κ1) is 17.7. The summed E-state index contributed by atoms with van der Waals surface area (Å²) in [5.41, 5.74) is 0. The maximum Gasteiger partial charge on any atom is 0.303 e. The van der Waals surface area contributed by atoms with Crippen LogP contribution in [0.25, 0.3) is 0 Å². The van der Waals surface area contributed by atoms with E-state index < -0.39 is 16.0 Å². The molecule has 1 aliphatic rings. The normalized spacial score (nSPS) is 19.4. The van der Waals surface area contributed by atoms with Gasteiger partial charge < -0.3 is 9.84 Å². The van der Waals surface area contributed by atoms with Crippen molar-refractivity contribution in [2.24, 2.45) is 0 Å². The highest BCUT2D eigenvalue weighted by molar-refractivity contribution is 7.89. The summed E-state index contributed by atoms with van der Waals surface area (Å²) in [5.74, 6) is -0.460. The van der Waals surface area contributed by atoms with Gasteiger partial charge in [0.1, 0.15) is 10.6 Å². The van der Waals surface area contributed by atoms with Crippen molar-refractivity contribution >= 4 is 16.0 Å². The number of hydrogen-bond donors (Lipinski definition) is 1. The van der Waals surface area contributed by atoms with Gasteiger partial charge in [-0.2, -0.15) is 4.31 Å². The van der Waals surface area contributed by atoms with Crippen LogP contribution < -0.4 is 4.74 Å². The Morgan fingerprint density at radius 2 is 2.22 bits per heavy atom. The van der Waals surface area contributed by atoms with Crippen LogP contribution in [0.3, 0.4) is 0 Å². The zero-order valence-electron chi connectivity index (χ0n) is 13.1. The second kappa shape index (κ2) is 7.74. The molecule has 0 saturated carbocycles. The topological polar surface area (TPSA) is 96.8 Å². The van der Waals surface area contributed by atoms with Crippen molar-refractivity contribution in [3.63, 3.8) is 0 Å². The van der Waals surface area contributed by atoms with Crippen molar-refractivity contribution in [2.45, 2.75) is 49.5 Å². The highest BCUT2D eigenvalue weighted by Gasteiger charge is 2.33. The van der Waals surface area contributed by atoms with E-state index in [1.807, 2.05) is 0 Å². The third kappa shape index (κ3) is 4.42. The molecule has 8 heteroatoms. The largest absolute Gasteiger partial charge is 0.495 e. The van der Waals surface area contributed by atoms with Gasteiger partial charge in [-0.3, -0.25) is 9.78 Å². The molecule has 2 heterocycles. The average Bonchev–Trinajstić information content (AvgIpc) is 2.55. The van der Waals surface area contributed by atoms with Crippen molar-refractivity contribution in [3.8, 4) is 5.75 Å². The van der Waals surface area contributed by atoms with Gasteiger partial charge in [0, 0.05) is 31.3 Å². The molecule has 1 aliphatic heterocycles. The quantitative estimate of drug-likeness (QED) is 0.813. The Hall–Kier alpha value is -1.67. The number of ether oxygens (including phenoxy) is 1. The Bertz CT molecular complexity index is 647. The van der Waals surface area contributed by atoms with Gasteiger partial charge in [-0.15, -0.1) is 0 Å². The number of rotatable bonds is 7. The minimum Gasteiger partial charge on any atom is -0.495 e. The van der Waals surface area contributed by atoms with E-state index in [1.165, 1.54) is 29.9 Å². The van der Waals surface area contributed by atoms with Crippen LogP contribution in [-0.2, 0) is 14.8 Å². The van der Waals surface area contributed by atoms with E-state index in [1.54, 1.807) is 0 Å². The van der Waals surface area contributed by atoms with Gasteiger partial charge in [0.05, 0.1) is 13.3 Å². The minimum absolute atomic E-state index is 0.0606. The standard InChI is InChI=1S/C15H22N2O5S/c1-22-13-9-14(11-16-10-13)23(20,21)17-8-3-2-5-12(17)6-4-7-15(18)19/h9-12H,2-8H2,1H3,(H,18,19). The lowest BCUT2D eigenvalue weighted by molar-refractivity contribution is -0.137. The second-order valence-corrected chi connectivity index (χ2v) is 7.50. The van der Waals surface area contributed by atoms with Gasteiger partial charge in [-0.25, -0.2) is 8.42 Å². The van der Waals surface area contributed by atoms with Crippen LogP contribution >= 0.6 is 0 Å². The molecule has 0 aromatic carbocycles. The summed E-state index contributed by atoms with van der Waals surface area (Å²) in [5, 5.41) is 8.75. The van der Waals surface area contributed by atoms with Gasteiger partial charge in [0.15, 0.2) is 0 Å². The Morgan fingerprint density at radius 1 is 1.43 bits per heavy atom. The molecule has 1 aromatic heterocycles. The van der Waals surface area contributed by atoms with Crippen molar-refractivity contribution in [1.29, 1.82) is 0 Å². The van der Waals surface area contributed by atoms with E-state index in [4.69, 9.17) is 9.84 Å². The Balaban J connectivity index is 2.18. The third-order valence-electron chi connectivity index (χ3n) is 4.03. The van der Waals surface area contributed by atoms with Crippen LogP contribution in [0.2, 0.25) is 0 Å². The number of carbonyl (C=O) groups is 1. The van der Waals surface area contributed by atoms with Crippen molar-refractivity contribution in [1.82, 2.24) is 9.29 Å². The molecule has 0 amide bonds. The molecule has 128 valence electrons. The smallest absolute Gasteiger partial charge is 0.303 e. The molecule has 1 aromatic rings. The number of aliphatic carboxylic acids is 1. The number of carboxylic acids is 1. The van der Waals surface area contributed by atoms with E-state index >= 15 is 0 Å². The first-order chi connectivity index (χ1) is 10.9. The molecule has 2 rings (SSSR count). The number of hydrogen-bond acceptors (Lipinski definition) is 5. The molecule has 1 N–H and O–H groups in total. The lowest BCUT2D eigenvalue weighted by Crippen LogP contribution is -2.43. The van der Waals surface area contributed by atoms with Crippen molar-refractivity contribution in [3.05, 3.63) is 18.5 Å². The zero-order valence-corrected chi connectivity index (χ0v) is 14.0. The van der Waals surface area contributed by atoms with Gasteiger partial charge >= 0.3 is 5.97 Å². The summed E-state index contributed by atoms with van der Waals surface area (Å²) in [6.45, 7) is 0.456. The monoisotopic (exact) mass is 342 g/mol. The van der Waals surface area contributed by atoms with E-state index in [9.17, 15) is 13.2 Å². The van der Waals surface area contributed by atoms with Crippen LogP contribution in [0.1, 0.15) is 38.5 Å². The SMILES string of the molecule is COc1cncc(S(=O)(=O)N2CCCCC2CCCC(=O)O)c1. The summed E-state index contributed by atoms with van der Waals surface area (Å²) in [6.07, 6.45) is 6.40. The molecule has 0 bridgehead atoms. The summed E-state index contributed by atoms with van der Waals surface area (Å²) < 4.78 is 32.3. The summed E-state index contributed by atoms with van der Waals surface area (Å²) in [4.78, 5) is 14.7. The van der Waals surface area contributed by atoms with Crippen molar-refractivity contribution in [2.75, 3.05) is 13.7 Å². The number of pyridine rings is 1. The molecule has 7 nitrogen and oxygen atoms in total. The average molecular weight is 342 g/mol. The van der Waals surface area contributed by atoms with E-state index in [-0.39, 0.29) is 17.4 Å². The van der Waals surface area contributed by atoms with Gasteiger partial charge in [0.2, 0.25) is 10.0 Å². The first-order valence-corrected chi connectivity index (χ1v) is 9.12. The molecule has 0 spiro atoms. The second-order valence-electron chi connectivity index (χ2n) is 5.61. The van der Waals surface area contributed by atoms with Gasteiger partial charge in [-0.1, -0.05) is 6.42 Å². The van der Waals surface area contributed by atoms with Crippen LogP contribution in [-0.4, -0.2) is 48.5 Å². The number of methoxy groups -OCH3 is 1. The molecule has 1 unspecified atom stereocenters. The summed E-state index contributed by atoms with van der Waals surface area (Å²) in [7, 11) is -2.19. The Morgan fingerprint density at radius 3 is 2.91 bits per heavy atom. The van der Waals surface area contributed by atoms with Crippen LogP contribution in [0.5, 0.6) is 5.75 Å². The van der Waals surface area contributed by atoms with Crippen LogP contribution in [0.15, 0.2) is 23.4 Å². The number of piperidine rings is 1. The molecule has 0 aliphatic carbocycles. The fourth-order valence-corrected chi connectivity index (χ4v) is 4.56. The molecule has 1 saturated heterocycles. The fraction of sp³-hybridized carbons (Fsp3) is 0.600. The first-order valence-electron chi connectivity index (χ1n) is 7.68. The van der Waals surface area contributed by atoms with E-state index in [2.05, 4.69) is 4.98 Å². The predicted octanol–water partition coefficient (Wildman–Crippen LogP) is 1.89. The van der Waals surface area contributed by atoms with E-state index in [0.29, 0.717) is 25.1 Å². The number of sulfonamides is 1. The lowest BCUT2D eigenvalue weighted by atomic mass is 10.00. The van der Waals surface area contributed by atoms with Gasteiger partial charge in [-0.05, 0) is 25.7 Å². The minimum atomic E-state index is -3.65. The molecule has 1 atom stereocenters. The highest BCUT2D eigenvalue weighted by atomic mass is 32.2. The van der Waals surface area contributed by atoms with Crippen molar-refractivity contribution < 1.29 is 23.1 Å². The maximum absolute atomic E-state index is 12.9.